The molecule has 0 N–H and O–H groups in total. The molecule has 116 valence electrons. The Morgan fingerprint density at radius 1 is 0.708 bits per heavy atom. The van der Waals surface area contributed by atoms with Crippen LogP contribution in [0.5, 0.6) is 0 Å². The summed E-state index contributed by atoms with van der Waals surface area (Å²) in [5, 5.41) is 0. The van der Waals surface area contributed by atoms with Gasteiger partial charge in [-0.05, 0) is 56.0 Å². The lowest BCUT2D eigenvalue weighted by Crippen LogP contribution is -2.59. The van der Waals surface area contributed by atoms with Crippen molar-refractivity contribution in [1.29, 1.82) is 0 Å². The minimum atomic E-state index is 0.400. The second-order valence-corrected chi connectivity index (χ2v) is 8.38. The van der Waals surface area contributed by atoms with Gasteiger partial charge < -0.3 is 0 Å². The van der Waals surface area contributed by atoms with Crippen molar-refractivity contribution in [2.45, 2.75) is 37.0 Å². The first-order valence-electron chi connectivity index (χ1n) is 8.61. The number of hydrogen-bond acceptors (Lipinski definition) is 1. The van der Waals surface area contributed by atoms with E-state index in [4.69, 9.17) is 0 Å². The molecule has 2 aliphatic heterocycles. The van der Waals surface area contributed by atoms with Gasteiger partial charge in [-0.3, -0.25) is 0 Å². The van der Waals surface area contributed by atoms with E-state index in [2.05, 4.69) is 69.3 Å². The lowest BCUT2D eigenvalue weighted by Gasteiger charge is -2.34. The molecule has 2 aliphatic rings. The molecule has 0 nitrogen and oxygen atoms in total. The molecular weight excluding hydrogens is 307 g/mol. The van der Waals surface area contributed by atoms with Crippen LogP contribution in [0, 0.1) is 20.8 Å². The Labute approximate surface area is 148 Å². The van der Waals surface area contributed by atoms with Crippen LogP contribution in [0.1, 0.15) is 27.8 Å². The highest BCUT2D eigenvalue weighted by molar-refractivity contribution is 8.00. The molecule has 0 unspecified atom stereocenters. The van der Waals surface area contributed by atoms with E-state index in [1.54, 1.807) is 5.46 Å². The van der Waals surface area contributed by atoms with Gasteiger partial charge in [0.05, 0.1) is 0 Å². The maximum Gasteiger partial charge on any atom is 0.244 e. The minimum absolute atomic E-state index is 0.400. The maximum atomic E-state index is 2.40. The van der Waals surface area contributed by atoms with E-state index in [0.717, 1.165) is 6.42 Å². The highest BCUT2D eigenvalue weighted by Gasteiger charge is 2.37. The molecule has 0 saturated carbocycles. The summed E-state index contributed by atoms with van der Waals surface area (Å²) in [6.45, 7) is 7.02. The monoisotopic (exact) mass is 326 g/mol. The van der Waals surface area contributed by atoms with Gasteiger partial charge in [0, 0.05) is 9.79 Å². The van der Waals surface area contributed by atoms with Crippen LogP contribution in [-0.2, 0) is 6.42 Å². The van der Waals surface area contributed by atoms with Crippen LogP contribution in [0.2, 0.25) is 0 Å². The fourth-order valence-electron chi connectivity index (χ4n) is 4.34. The quantitative estimate of drug-likeness (QED) is 0.393. The lowest BCUT2D eigenvalue weighted by molar-refractivity contribution is 1.16. The first-order chi connectivity index (χ1) is 11.6. The van der Waals surface area contributed by atoms with Crippen molar-refractivity contribution in [1.82, 2.24) is 0 Å². The van der Waals surface area contributed by atoms with E-state index >= 15 is 0 Å². The van der Waals surface area contributed by atoms with Crippen LogP contribution in [0.25, 0.3) is 0 Å². The normalized spacial score (nSPS) is 14.0. The summed E-state index contributed by atoms with van der Waals surface area (Å²) < 4.78 is 0. The van der Waals surface area contributed by atoms with Crippen LogP contribution in [0.15, 0.2) is 58.3 Å². The summed E-state index contributed by atoms with van der Waals surface area (Å²) in [5.74, 6) is 0. The second kappa shape index (κ2) is 5.03. The second-order valence-electron chi connectivity index (χ2n) is 7.29. The summed E-state index contributed by atoms with van der Waals surface area (Å²) in [4.78, 5) is 2.89. The summed E-state index contributed by atoms with van der Waals surface area (Å²) >= 11 is 1.96. The predicted molar refractivity (Wildman–Crippen MR) is 105 cm³/mol. The molecular formula is C22H19BS. The fraction of sp³-hybridized carbons (Fsp3) is 0.182. The SMILES string of the molecule is Cc1ccc2c(c1)Cc1cc(C)cc3c1B2c1ccc(C)cc1S3. The Hall–Kier alpha value is -1.93. The van der Waals surface area contributed by atoms with Crippen molar-refractivity contribution in [3.05, 3.63) is 76.3 Å². The van der Waals surface area contributed by atoms with E-state index in [-0.39, 0.29) is 0 Å². The number of aryl methyl sites for hydroxylation is 3. The van der Waals surface area contributed by atoms with E-state index in [1.165, 1.54) is 48.5 Å². The van der Waals surface area contributed by atoms with Crippen molar-refractivity contribution >= 4 is 34.9 Å². The molecule has 0 aliphatic carbocycles. The summed E-state index contributed by atoms with van der Waals surface area (Å²) in [6, 6.07) is 18.8. The first-order valence-corrected chi connectivity index (χ1v) is 9.43. The average molecular weight is 326 g/mol. The number of rotatable bonds is 0. The number of hydrogen-bond donors (Lipinski definition) is 0. The molecule has 0 aromatic heterocycles. The maximum absolute atomic E-state index is 2.40. The van der Waals surface area contributed by atoms with Gasteiger partial charge in [-0.15, -0.1) is 0 Å². The third-order valence-electron chi connectivity index (χ3n) is 5.35. The van der Waals surface area contributed by atoms with E-state index in [0.29, 0.717) is 6.71 Å². The van der Waals surface area contributed by atoms with Crippen LogP contribution in [0.4, 0.5) is 0 Å². The van der Waals surface area contributed by atoms with Crippen molar-refractivity contribution in [3.63, 3.8) is 0 Å². The lowest BCUT2D eigenvalue weighted by atomic mass is 9.33. The third-order valence-corrected chi connectivity index (χ3v) is 6.48. The molecule has 24 heavy (non-hydrogen) atoms. The highest BCUT2D eigenvalue weighted by atomic mass is 32.2. The molecule has 0 fully saturated rings. The van der Waals surface area contributed by atoms with E-state index in [9.17, 15) is 0 Å². The Kier molecular flexibility index (Phi) is 3.02. The summed E-state index contributed by atoms with van der Waals surface area (Å²) in [5.41, 5.74) is 11.6. The standard InChI is InChI=1S/C22H19BS/c1-13-4-6-18-16(8-13)12-17-9-15(3)11-21-22(17)23(18)19-7-5-14(2)10-20(19)24-21/h4-11H,12H2,1-3H3. The molecule has 0 radical (unpaired) electrons. The largest absolute Gasteiger partial charge is 0.244 e. The highest BCUT2D eigenvalue weighted by Crippen LogP contribution is 2.34. The molecule has 3 aromatic rings. The minimum Gasteiger partial charge on any atom is -0.0911 e. The zero-order chi connectivity index (χ0) is 16.4. The number of fused-ring (bicyclic) bond motifs is 4. The van der Waals surface area contributed by atoms with Crippen LogP contribution in [-0.4, -0.2) is 6.71 Å². The fourth-order valence-corrected chi connectivity index (χ4v) is 5.72. The topological polar surface area (TPSA) is 0 Å². The van der Waals surface area contributed by atoms with Crippen LogP contribution in [0.3, 0.4) is 0 Å². The summed E-state index contributed by atoms with van der Waals surface area (Å²) in [7, 11) is 0. The summed E-state index contributed by atoms with van der Waals surface area (Å²) in [6.07, 6.45) is 1.07. The van der Waals surface area contributed by atoms with Crippen molar-refractivity contribution in [3.8, 4) is 0 Å². The Bertz CT molecular complexity index is 926. The van der Waals surface area contributed by atoms with Gasteiger partial charge in [0.2, 0.25) is 6.71 Å². The third kappa shape index (κ3) is 2.02. The molecule has 2 heteroatoms. The van der Waals surface area contributed by atoms with Crippen molar-refractivity contribution in [2.24, 2.45) is 0 Å². The van der Waals surface area contributed by atoms with Gasteiger partial charge in [0.15, 0.2) is 0 Å². The van der Waals surface area contributed by atoms with Crippen LogP contribution >= 0.6 is 11.8 Å². The van der Waals surface area contributed by atoms with Crippen LogP contribution < -0.4 is 16.4 Å². The van der Waals surface area contributed by atoms with Gasteiger partial charge in [0.1, 0.15) is 0 Å². The zero-order valence-electron chi connectivity index (χ0n) is 14.3. The van der Waals surface area contributed by atoms with Gasteiger partial charge in [-0.25, -0.2) is 0 Å². The Morgan fingerprint density at radius 2 is 1.38 bits per heavy atom. The molecule has 0 bridgehead atoms. The zero-order valence-corrected chi connectivity index (χ0v) is 15.1. The van der Waals surface area contributed by atoms with Gasteiger partial charge in [-0.2, -0.15) is 0 Å². The predicted octanol–water partition coefficient (Wildman–Crippen LogP) is 3.50. The van der Waals surface area contributed by atoms with Crippen molar-refractivity contribution in [2.75, 3.05) is 0 Å². The molecule has 5 rings (SSSR count). The molecule has 0 spiro atoms. The molecule has 0 atom stereocenters. The molecule has 3 aromatic carbocycles. The van der Waals surface area contributed by atoms with Gasteiger partial charge in [0.25, 0.3) is 0 Å². The average Bonchev–Trinajstić information content (AvgIpc) is 2.53. The van der Waals surface area contributed by atoms with Gasteiger partial charge >= 0.3 is 0 Å². The Balaban J connectivity index is 1.85. The van der Waals surface area contributed by atoms with Gasteiger partial charge in [-0.1, -0.05) is 75.7 Å². The number of benzene rings is 3. The Morgan fingerprint density at radius 3 is 2.21 bits per heavy atom. The molecule has 0 amide bonds. The van der Waals surface area contributed by atoms with E-state index < -0.39 is 0 Å². The molecule has 2 heterocycles. The smallest absolute Gasteiger partial charge is 0.0911 e. The first kappa shape index (κ1) is 14.4. The molecule has 0 saturated heterocycles. The van der Waals surface area contributed by atoms with E-state index in [1.807, 2.05) is 11.8 Å². The van der Waals surface area contributed by atoms with Crippen molar-refractivity contribution < 1.29 is 0 Å².